The zero-order valence-electron chi connectivity index (χ0n) is 10.1. The number of hydrogen-bond acceptors (Lipinski definition) is 3. The Morgan fingerprint density at radius 3 is 2.84 bits per heavy atom. The summed E-state index contributed by atoms with van der Waals surface area (Å²) in [4.78, 5) is 16.1. The fraction of sp³-hybridized carbons (Fsp3) is 0.0769. The number of aromatic nitrogens is 1. The molecule has 2 rings (SSSR count). The van der Waals surface area contributed by atoms with Crippen LogP contribution in [0.25, 0.3) is 0 Å². The number of carbonyl (C=O) groups is 1. The van der Waals surface area contributed by atoms with Gasteiger partial charge < -0.3 is 10.6 Å². The van der Waals surface area contributed by atoms with Gasteiger partial charge in [0.15, 0.2) is 0 Å². The number of pyridine rings is 1. The summed E-state index contributed by atoms with van der Waals surface area (Å²) in [6, 6.07) is 7.70. The standard InChI is InChI=1S/C13H11BrFN3O/c1-16-12-9(3-2-6-17-12)13(19)18-11-5-4-8(14)7-10(11)15/h2-7H,1H3,(H,16,17)(H,18,19). The summed E-state index contributed by atoms with van der Waals surface area (Å²) in [6.45, 7) is 0. The molecule has 0 aliphatic carbocycles. The van der Waals surface area contributed by atoms with Crippen LogP contribution in [0, 0.1) is 5.82 Å². The van der Waals surface area contributed by atoms with Crippen LogP contribution in [0.5, 0.6) is 0 Å². The van der Waals surface area contributed by atoms with Gasteiger partial charge in [-0.3, -0.25) is 4.79 Å². The van der Waals surface area contributed by atoms with Crippen molar-refractivity contribution in [3.8, 4) is 0 Å². The third kappa shape index (κ3) is 3.08. The van der Waals surface area contributed by atoms with Crippen molar-refractivity contribution in [2.24, 2.45) is 0 Å². The zero-order valence-corrected chi connectivity index (χ0v) is 11.7. The van der Waals surface area contributed by atoms with Crippen molar-refractivity contribution in [2.45, 2.75) is 0 Å². The third-order valence-electron chi connectivity index (χ3n) is 2.47. The summed E-state index contributed by atoms with van der Waals surface area (Å²) in [5.74, 6) is -0.478. The van der Waals surface area contributed by atoms with Crippen LogP contribution in [0.4, 0.5) is 15.9 Å². The van der Waals surface area contributed by atoms with Crippen molar-refractivity contribution in [3.63, 3.8) is 0 Å². The highest BCUT2D eigenvalue weighted by Gasteiger charge is 2.13. The number of hydrogen-bond donors (Lipinski definition) is 2. The Morgan fingerprint density at radius 1 is 1.37 bits per heavy atom. The summed E-state index contributed by atoms with van der Waals surface area (Å²) >= 11 is 3.16. The SMILES string of the molecule is CNc1ncccc1C(=O)Nc1ccc(Br)cc1F. The van der Waals surface area contributed by atoms with Gasteiger partial charge in [0, 0.05) is 17.7 Å². The van der Waals surface area contributed by atoms with Gasteiger partial charge in [-0.2, -0.15) is 0 Å². The molecule has 98 valence electrons. The van der Waals surface area contributed by atoms with Crippen LogP contribution < -0.4 is 10.6 Å². The van der Waals surface area contributed by atoms with Crippen molar-refractivity contribution in [3.05, 3.63) is 52.4 Å². The lowest BCUT2D eigenvalue weighted by atomic mass is 10.2. The van der Waals surface area contributed by atoms with E-state index < -0.39 is 11.7 Å². The Labute approximate surface area is 118 Å². The van der Waals surface area contributed by atoms with Crippen LogP contribution in [0.2, 0.25) is 0 Å². The smallest absolute Gasteiger partial charge is 0.259 e. The van der Waals surface area contributed by atoms with Crippen molar-refractivity contribution in [1.29, 1.82) is 0 Å². The van der Waals surface area contributed by atoms with Gasteiger partial charge in [0.2, 0.25) is 0 Å². The maximum Gasteiger partial charge on any atom is 0.259 e. The molecule has 0 radical (unpaired) electrons. The first-order valence-electron chi connectivity index (χ1n) is 5.51. The lowest BCUT2D eigenvalue weighted by Crippen LogP contribution is -2.15. The number of nitrogens with one attached hydrogen (secondary N) is 2. The van der Waals surface area contributed by atoms with E-state index in [1.165, 1.54) is 12.1 Å². The minimum atomic E-state index is -0.502. The molecule has 1 aromatic carbocycles. The number of benzene rings is 1. The predicted molar refractivity (Wildman–Crippen MR) is 75.8 cm³/mol. The van der Waals surface area contributed by atoms with E-state index >= 15 is 0 Å². The second-order valence-electron chi connectivity index (χ2n) is 3.73. The molecule has 0 spiro atoms. The minimum absolute atomic E-state index is 0.124. The van der Waals surface area contributed by atoms with Crippen molar-refractivity contribution in [1.82, 2.24) is 4.98 Å². The summed E-state index contributed by atoms with van der Waals surface area (Å²) in [5, 5.41) is 5.33. The van der Waals surface area contributed by atoms with E-state index in [-0.39, 0.29) is 5.69 Å². The van der Waals surface area contributed by atoms with Crippen molar-refractivity contribution in [2.75, 3.05) is 17.7 Å². The van der Waals surface area contributed by atoms with E-state index in [1.54, 1.807) is 31.4 Å². The fourth-order valence-corrected chi connectivity index (χ4v) is 1.90. The molecular formula is C13H11BrFN3O. The first-order valence-corrected chi connectivity index (χ1v) is 6.30. The highest BCUT2D eigenvalue weighted by Crippen LogP contribution is 2.21. The Hall–Kier alpha value is -1.95. The number of amides is 1. The van der Waals surface area contributed by atoms with Gasteiger partial charge in [0.1, 0.15) is 11.6 Å². The molecule has 0 fully saturated rings. The van der Waals surface area contributed by atoms with E-state index in [9.17, 15) is 9.18 Å². The highest BCUT2D eigenvalue weighted by molar-refractivity contribution is 9.10. The summed E-state index contributed by atoms with van der Waals surface area (Å²) < 4.78 is 14.2. The molecule has 2 aromatic rings. The molecule has 2 N–H and O–H groups in total. The number of nitrogens with zero attached hydrogens (tertiary/aromatic N) is 1. The zero-order chi connectivity index (χ0) is 13.8. The number of halogens is 2. The quantitative estimate of drug-likeness (QED) is 0.911. The molecule has 0 unspecified atom stereocenters. The lowest BCUT2D eigenvalue weighted by Gasteiger charge is -2.09. The van der Waals surface area contributed by atoms with Crippen LogP contribution >= 0.6 is 15.9 Å². The fourth-order valence-electron chi connectivity index (χ4n) is 1.57. The van der Waals surface area contributed by atoms with E-state index in [4.69, 9.17) is 0 Å². The molecule has 0 aliphatic heterocycles. The van der Waals surface area contributed by atoms with Crippen LogP contribution in [0.1, 0.15) is 10.4 Å². The average molecular weight is 324 g/mol. The molecule has 0 aliphatic rings. The van der Waals surface area contributed by atoms with Crippen molar-refractivity contribution < 1.29 is 9.18 Å². The summed E-state index contributed by atoms with van der Waals surface area (Å²) in [5.41, 5.74) is 0.478. The molecule has 0 saturated carbocycles. The minimum Gasteiger partial charge on any atom is -0.372 e. The van der Waals surface area contributed by atoms with Crippen molar-refractivity contribution >= 4 is 33.3 Å². The van der Waals surface area contributed by atoms with E-state index in [2.05, 4.69) is 31.5 Å². The highest BCUT2D eigenvalue weighted by atomic mass is 79.9. The molecular weight excluding hydrogens is 313 g/mol. The average Bonchev–Trinajstić information content (AvgIpc) is 2.41. The molecule has 1 heterocycles. The van der Waals surface area contributed by atoms with E-state index in [0.29, 0.717) is 15.9 Å². The van der Waals surface area contributed by atoms with Gasteiger partial charge in [0.25, 0.3) is 5.91 Å². The van der Waals surface area contributed by atoms with E-state index in [1.807, 2.05) is 0 Å². The van der Waals surface area contributed by atoms with Crippen LogP contribution in [-0.4, -0.2) is 17.9 Å². The third-order valence-corrected chi connectivity index (χ3v) is 2.96. The van der Waals surface area contributed by atoms with Crippen LogP contribution in [-0.2, 0) is 0 Å². The Balaban J connectivity index is 2.26. The normalized spacial score (nSPS) is 10.1. The number of carbonyl (C=O) groups excluding carboxylic acids is 1. The summed E-state index contributed by atoms with van der Waals surface area (Å²) in [6.07, 6.45) is 1.57. The Morgan fingerprint density at radius 2 is 2.16 bits per heavy atom. The Bertz CT molecular complexity index is 619. The lowest BCUT2D eigenvalue weighted by molar-refractivity contribution is 0.102. The molecule has 6 heteroatoms. The maximum atomic E-state index is 13.6. The van der Waals surface area contributed by atoms with Gasteiger partial charge in [-0.1, -0.05) is 15.9 Å². The largest absolute Gasteiger partial charge is 0.372 e. The number of rotatable bonds is 3. The monoisotopic (exact) mass is 323 g/mol. The molecule has 0 saturated heterocycles. The van der Waals surface area contributed by atoms with Crippen LogP contribution in [0.3, 0.4) is 0 Å². The molecule has 19 heavy (non-hydrogen) atoms. The first-order chi connectivity index (χ1) is 9.11. The van der Waals surface area contributed by atoms with Gasteiger partial charge in [-0.25, -0.2) is 9.37 Å². The van der Waals surface area contributed by atoms with E-state index in [0.717, 1.165) is 0 Å². The number of anilines is 2. The second kappa shape index (κ2) is 5.79. The molecule has 4 nitrogen and oxygen atoms in total. The Kier molecular flexibility index (Phi) is 4.11. The summed E-state index contributed by atoms with van der Waals surface area (Å²) in [7, 11) is 1.67. The molecule has 0 bridgehead atoms. The maximum absolute atomic E-state index is 13.6. The molecule has 1 aromatic heterocycles. The van der Waals surface area contributed by atoms with Crippen LogP contribution in [0.15, 0.2) is 41.0 Å². The van der Waals surface area contributed by atoms with Gasteiger partial charge in [-0.15, -0.1) is 0 Å². The van der Waals surface area contributed by atoms with Gasteiger partial charge >= 0.3 is 0 Å². The first kappa shape index (κ1) is 13.5. The van der Waals surface area contributed by atoms with Gasteiger partial charge in [-0.05, 0) is 30.3 Å². The predicted octanol–water partition coefficient (Wildman–Crippen LogP) is 3.28. The van der Waals surface area contributed by atoms with Gasteiger partial charge in [0.05, 0.1) is 11.3 Å². The topological polar surface area (TPSA) is 54.0 Å². The second-order valence-corrected chi connectivity index (χ2v) is 4.64. The molecule has 1 amide bonds. The molecule has 0 atom stereocenters.